The molecule has 1 saturated heterocycles. The summed E-state index contributed by atoms with van der Waals surface area (Å²) in [5.74, 6) is 1.52. The van der Waals surface area contributed by atoms with Crippen molar-refractivity contribution in [3.05, 3.63) is 18.0 Å². The van der Waals surface area contributed by atoms with Crippen LogP contribution in [0, 0.1) is 0 Å². The van der Waals surface area contributed by atoms with Crippen molar-refractivity contribution < 1.29 is 14.3 Å². The third kappa shape index (κ3) is 3.93. The smallest absolute Gasteiger partial charge is 0.239 e. The first-order valence-corrected chi connectivity index (χ1v) is 8.17. The predicted octanol–water partition coefficient (Wildman–Crippen LogP) is 1.93. The number of pyridine rings is 1. The summed E-state index contributed by atoms with van der Waals surface area (Å²) in [7, 11) is 5.11. The number of hydrogen-bond acceptors (Lipinski definition) is 5. The maximum absolute atomic E-state index is 12.5. The molecule has 0 N–H and O–H groups in total. The summed E-state index contributed by atoms with van der Waals surface area (Å²) in [6.07, 6.45) is 4.73. The molecule has 1 aliphatic heterocycles. The Balaban J connectivity index is 2.21. The van der Waals surface area contributed by atoms with Crippen LogP contribution >= 0.6 is 0 Å². The van der Waals surface area contributed by atoms with Crippen molar-refractivity contribution in [2.24, 2.45) is 0 Å². The topological polar surface area (TPSA) is 54.9 Å². The molecule has 1 fully saturated rings. The third-order valence-electron chi connectivity index (χ3n) is 4.37. The Morgan fingerprint density at radius 1 is 1.30 bits per heavy atom. The van der Waals surface area contributed by atoms with E-state index >= 15 is 0 Å². The third-order valence-corrected chi connectivity index (χ3v) is 4.37. The number of nitrogens with zero attached hydrogens (tertiary/aromatic N) is 3. The highest BCUT2D eigenvalue weighted by molar-refractivity contribution is 5.82. The summed E-state index contributed by atoms with van der Waals surface area (Å²) in [4.78, 5) is 21.0. The Morgan fingerprint density at radius 3 is 2.74 bits per heavy atom. The fourth-order valence-corrected chi connectivity index (χ4v) is 3.00. The number of unbranched alkanes of at least 4 members (excludes halogenated alkanes) is 1. The maximum atomic E-state index is 12.5. The SMILES string of the molecule is CCCC[C@H]1C(=O)N(C)CCN1Cc1nccc(OC)c1OC. The molecule has 0 aromatic carbocycles. The van der Waals surface area contributed by atoms with Crippen LogP contribution < -0.4 is 9.47 Å². The second-order valence-electron chi connectivity index (χ2n) is 5.88. The lowest BCUT2D eigenvalue weighted by Gasteiger charge is -2.39. The lowest BCUT2D eigenvalue weighted by atomic mass is 10.0. The first kappa shape index (κ1) is 17.5. The molecule has 0 aliphatic carbocycles. The summed E-state index contributed by atoms with van der Waals surface area (Å²) >= 11 is 0. The molecular formula is C17H27N3O3. The number of aromatic nitrogens is 1. The van der Waals surface area contributed by atoms with E-state index in [1.807, 2.05) is 11.9 Å². The van der Waals surface area contributed by atoms with Crippen LogP contribution in [0.2, 0.25) is 0 Å². The zero-order valence-electron chi connectivity index (χ0n) is 14.5. The largest absolute Gasteiger partial charge is 0.493 e. The molecule has 1 aromatic heterocycles. The van der Waals surface area contributed by atoms with Gasteiger partial charge in [-0.1, -0.05) is 19.8 Å². The van der Waals surface area contributed by atoms with Gasteiger partial charge in [-0.3, -0.25) is 14.7 Å². The molecule has 0 unspecified atom stereocenters. The van der Waals surface area contributed by atoms with Crippen molar-refractivity contribution in [3.63, 3.8) is 0 Å². The van der Waals surface area contributed by atoms with Crippen molar-refractivity contribution in [1.82, 2.24) is 14.8 Å². The monoisotopic (exact) mass is 321 g/mol. The fourth-order valence-electron chi connectivity index (χ4n) is 3.00. The molecule has 0 radical (unpaired) electrons. The van der Waals surface area contributed by atoms with E-state index < -0.39 is 0 Å². The predicted molar refractivity (Wildman–Crippen MR) is 88.7 cm³/mol. The van der Waals surface area contributed by atoms with Gasteiger partial charge in [0.05, 0.1) is 20.3 Å². The Kier molecular flexibility index (Phi) is 6.21. The number of amides is 1. The number of carbonyl (C=O) groups excluding carboxylic acids is 1. The van der Waals surface area contributed by atoms with E-state index in [1.54, 1.807) is 26.5 Å². The van der Waals surface area contributed by atoms with Crippen molar-refractivity contribution in [2.45, 2.75) is 38.8 Å². The van der Waals surface area contributed by atoms with Gasteiger partial charge in [0, 0.05) is 38.9 Å². The summed E-state index contributed by atoms with van der Waals surface area (Å²) < 4.78 is 10.8. The van der Waals surface area contributed by atoms with Crippen molar-refractivity contribution in [1.29, 1.82) is 0 Å². The van der Waals surface area contributed by atoms with Gasteiger partial charge < -0.3 is 14.4 Å². The zero-order chi connectivity index (χ0) is 16.8. The van der Waals surface area contributed by atoms with E-state index in [0.29, 0.717) is 18.0 Å². The molecule has 1 amide bonds. The van der Waals surface area contributed by atoms with Crippen molar-refractivity contribution >= 4 is 5.91 Å². The van der Waals surface area contributed by atoms with Crippen LogP contribution in [0.5, 0.6) is 11.5 Å². The van der Waals surface area contributed by atoms with E-state index in [9.17, 15) is 4.79 Å². The molecule has 1 aliphatic rings. The Morgan fingerprint density at radius 2 is 2.09 bits per heavy atom. The maximum Gasteiger partial charge on any atom is 0.239 e. The quantitative estimate of drug-likeness (QED) is 0.768. The number of rotatable bonds is 7. The van der Waals surface area contributed by atoms with Crippen LogP contribution in [0.25, 0.3) is 0 Å². The molecule has 0 spiro atoms. The van der Waals surface area contributed by atoms with Gasteiger partial charge in [-0.15, -0.1) is 0 Å². The first-order valence-electron chi connectivity index (χ1n) is 8.17. The number of carbonyl (C=O) groups is 1. The normalized spacial score (nSPS) is 19.0. The summed E-state index contributed by atoms with van der Waals surface area (Å²) in [5, 5.41) is 0. The standard InChI is InChI=1S/C17H27N3O3/c1-5-6-7-14-17(21)19(2)10-11-20(14)12-13-16(23-4)15(22-3)8-9-18-13/h8-9,14H,5-7,10-12H2,1-4H3/t14-/m0/s1. The molecule has 6 heteroatoms. The highest BCUT2D eigenvalue weighted by Gasteiger charge is 2.33. The molecule has 2 rings (SSSR count). The average Bonchev–Trinajstić information content (AvgIpc) is 2.57. The minimum absolute atomic E-state index is 0.0774. The molecule has 0 bridgehead atoms. The molecule has 6 nitrogen and oxygen atoms in total. The number of hydrogen-bond donors (Lipinski definition) is 0. The van der Waals surface area contributed by atoms with E-state index in [0.717, 1.165) is 38.0 Å². The Labute approximate surface area is 138 Å². The Hall–Kier alpha value is -1.82. The van der Waals surface area contributed by atoms with Crippen LogP contribution in [0.15, 0.2) is 12.3 Å². The molecule has 0 saturated carbocycles. The van der Waals surface area contributed by atoms with Gasteiger partial charge in [0.15, 0.2) is 11.5 Å². The minimum Gasteiger partial charge on any atom is -0.493 e. The zero-order valence-corrected chi connectivity index (χ0v) is 14.5. The second kappa shape index (κ2) is 8.15. The van der Waals surface area contributed by atoms with Gasteiger partial charge in [0.25, 0.3) is 0 Å². The van der Waals surface area contributed by atoms with Crippen LogP contribution in [0.3, 0.4) is 0 Å². The first-order chi connectivity index (χ1) is 11.1. The van der Waals surface area contributed by atoms with E-state index in [2.05, 4.69) is 16.8 Å². The molecule has 23 heavy (non-hydrogen) atoms. The van der Waals surface area contributed by atoms with Crippen molar-refractivity contribution in [3.8, 4) is 11.5 Å². The van der Waals surface area contributed by atoms with Gasteiger partial charge in [-0.25, -0.2) is 0 Å². The van der Waals surface area contributed by atoms with Gasteiger partial charge in [-0.05, 0) is 6.42 Å². The molecule has 128 valence electrons. The number of methoxy groups -OCH3 is 2. The molecule has 2 heterocycles. The summed E-state index contributed by atoms with van der Waals surface area (Å²) in [5.41, 5.74) is 0.811. The number of piperazine rings is 1. The van der Waals surface area contributed by atoms with E-state index in [1.165, 1.54) is 0 Å². The van der Waals surface area contributed by atoms with Gasteiger partial charge in [0.2, 0.25) is 5.91 Å². The fraction of sp³-hybridized carbons (Fsp3) is 0.647. The van der Waals surface area contributed by atoms with Crippen molar-refractivity contribution in [2.75, 3.05) is 34.4 Å². The highest BCUT2D eigenvalue weighted by Crippen LogP contribution is 2.31. The Bertz CT molecular complexity index is 536. The van der Waals surface area contributed by atoms with Gasteiger partial charge >= 0.3 is 0 Å². The van der Waals surface area contributed by atoms with Gasteiger partial charge in [-0.2, -0.15) is 0 Å². The summed E-state index contributed by atoms with van der Waals surface area (Å²) in [6, 6.07) is 1.71. The second-order valence-corrected chi connectivity index (χ2v) is 5.88. The van der Waals surface area contributed by atoms with E-state index in [-0.39, 0.29) is 11.9 Å². The molecule has 1 aromatic rings. The van der Waals surface area contributed by atoms with Crippen LogP contribution in [0.4, 0.5) is 0 Å². The molecular weight excluding hydrogens is 294 g/mol. The van der Waals surface area contributed by atoms with Crippen LogP contribution in [-0.4, -0.2) is 61.1 Å². The minimum atomic E-state index is -0.0774. The van der Waals surface area contributed by atoms with Crippen LogP contribution in [0.1, 0.15) is 31.9 Å². The average molecular weight is 321 g/mol. The summed E-state index contributed by atoms with van der Waals surface area (Å²) in [6.45, 7) is 4.33. The molecule has 1 atom stereocenters. The lowest BCUT2D eigenvalue weighted by Crippen LogP contribution is -2.55. The number of likely N-dealkylation sites (N-methyl/N-ethyl adjacent to an activating group) is 1. The van der Waals surface area contributed by atoms with Crippen LogP contribution in [-0.2, 0) is 11.3 Å². The highest BCUT2D eigenvalue weighted by atomic mass is 16.5. The lowest BCUT2D eigenvalue weighted by molar-refractivity contribution is -0.140. The van der Waals surface area contributed by atoms with E-state index in [4.69, 9.17) is 9.47 Å². The number of ether oxygens (including phenoxy) is 2. The van der Waals surface area contributed by atoms with Gasteiger partial charge in [0.1, 0.15) is 5.69 Å².